The third-order valence-electron chi connectivity index (χ3n) is 2.48. The number of aromatic hydroxyl groups is 1. The van der Waals surface area contributed by atoms with Gasteiger partial charge in [0, 0.05) is 29.8 Å². The van der Waals surface area contributed by atoms with Crippen molar-refractivity contribution in [3.63, 3.8) is 0 Å². The largest absolute Gasteiger partial charge is 0.507 e. The first-order valence-corrected chi connectivity index (χ1v) is 4.77. The molecule has 2 rings (SSSR count). The van der Waals surface area contributed by atoms with Crippen molar-refractivity contribution in [2.24, 2.45) is 5.73 Å². The fourth-order valence-electron chi connectivity index (χ4n) is 1.70. The standard InChI is InChI=1S/C11H14N2O2/c1-15-6-9(12)7-2-3-10-8(11(7)14)4-5-13-10/h2-5,9,13-14H,6,12H2,1H3. The van der Waals surface area contributed by atoms with Gasteiger partial charge in [-0.3, -0.25) is 0 Å². The first-order chi connectivity index (χ1) is 7.24. The zero-order valence-electron chi connectivity index (χ0n) is 8.53. The maximum absolute atomic E-state index is 9.98. The van der Waals surface area contributed by atoms with E-state index < -0.39 is 0 Å². The van der Waals surface area contributed by atoms with Crippen molar-refractivity contribution >= 4 is 10.9 Å². The van der Waals surface area contributed by atoms with Crippen LogP contribution in [0.1, 0.15) is 11.6 Å². The Morgan fingerprint density at radius 3 is 3.00 bits per heavy atom. The van der Waals surface area contributed by atoms with Gasteiger partial charge in [0.25, 0.3) is 0 Å². The molecule has 1 aromatic heterocycles. The lowest BCUT2D eigenvalue weighted by molar-refractivity contribution is 0.180. The molecule has 4 nitrogen and oxygen atoms in total. The molecular formula is C11H14N2O2. The van der Waals surface area contributed by atoms with Gasteiger partial charge in [0.1, 0.15) is 5.75 Å². The molecule has 2 aromatic rings. The van der Waals surface area contributed by atoms with Gasteiger partial charge in [0.05, 0.1) is 12.6 Å². The predicted molar refractivity (Wildman–Crippen MR) is 58.8 cm³/mol. The summed E-state index contributed by atoms with van der Waals surface area (Å²) in [6.45, 7) is 0.392. The van der Waals surface area contributed by atoms with Crippen LogP contribution in [0.5, 0.6) is 5.75 Å². The van der Waals surface area contributed by atoms with Gasteiger partial charge in [-0.2, -0.15) is 0 Å². The number of nitrogens with two attached hydrogens (primary N) is 1. The van der Waals surface area contributed by atoms with Crippen LogP contribution in [0.15, 0.2) is 24.4 Å². The summed E-state index contributed by atoms with van der Waals surface area (Å²) in [5, 5.41) is 10.8. The monoisotopic (exact) mass is 206 g/mol. The van der Waals surface area contributed by atoms with Crippen molar-refractivity contribution in [3.8, 4) is 5.75 Å². The first-order valence-electron chi connectivity index (χ1n) is 4.77. The van der Waals surface area contributed by atoms with Crippen LogP contribution in [-0.4, -0.2) is 23.8 Å². The van der Waals surface area contributed by atoms with Crippen molar-refractivity contribution < 1.29 is 9.84 Å². The van der Waals surface area contributed by atoms with Crippen LogP contribution in [0.3, 0.4) is 0 Å². The molecule has 0 spiro atoms. The number of rotatable bonds is 3. The maximum Gasteiger partial charge on any atom is 0.129 e. The average molecular weight is 206 g/mol. The highest BCUT2D eigenvalue weighted by molar-refractivity contribution is 5.87. The normalized spacial score (nSPS) is 13.2. The smallest absolute Gasteiger partial charge is 0.129 e. The van der Waals surface area contributed by atoms with Crippen LogP contribution >= 0.6 is 0 Å². The summed E-state index contributed by atoms with van der Waals surface area (Å²) >= 11 is 0. The van der Waals surface area contributed by atoms with E-state index in [2.05, 4.69) is 4.98 Å². The van der Waals surface area contributed by atoms with E-state index in [1.807, 2.05) is 18.2 Å². The number of benzene rings is 1. The molecule has 15 heavy (non-hydrogen) atoms. The van der Waals surface area contributed by atoms with E-state index in [0.717, 1.165) is 10.9 Å². The quantitative estimate of drug-likeness (QED) is 0.713. The topological polar surface area (TPSA) is 71.3 Å². The second-order valence-electron chi connectivity index (χ2n) is 3.50. The number of phenols is 1. The van der Waals surface area contributed by atoms with E-state index in [1.165, 1.54) is 0 Å². The Labute approximate surface area is 87.7 Å². The molecule has 0 aliphatic carbocycles. The summed E-state index contributed by atoms with van der Waals surface area (Å²) in [4.78, 5) is 3.03. The summed E-state index contributed by atoms with van der Waals surface area (Å²) in [6.07, 6.45) is 1.79. The zero-order chi connectivity index (χ0) is 10.8. The SMILES string of the molecule is COCC(N)c1ccc2[nH]ccc2c1O. The van der Waals surface area contributed by atoms with Crippen LogP contribution < -0.4 is 5.73 Å². The summed E-state index contributed by atoms with van der Waals surface area (Å²) in [5.41, 5.74) is 7.49. The van der Waals surface area contributed by atoms with E-state index >= 15 is 0 Å². The lowest BCUT2D eigenvalue weighted by atomic mass is 10.0. The number of methoxy groups -OCH3 is 1. The van der Waals surface area contributed by atoms with E-state index in [-0.39, 0.29) is 11.8 Å². The van der Waals surface area contributed by atoms with Gasteiger partial charge >= 0.3 is 0 Å². The molecule has 1 aromatic carbocycles. The highest BCUT2D eigenvalue weighted by Crippen LogP contribution is 2.31. The van der Waals surface area contributed by atoms with Gasteiger partial charge in [0.2, 0.25) is 0 Å². The van der Waals surface area contributed by atoms with Crippen LogP contribution in [0.25, 0.3) is 10.9 Å². The highest BCUT2D eigenvalue weighted by Gasteiger charge is 2.13. The van der Waals surface area contributed by atoms with Gasteiger partial charge in [-0.1, -0.05) is 6.07 Å². The summed E-state index contributed by atoms with van der Waals surface area (Å²) in [5.74, 6) is 0.235. The van der Waals surface area contributed by atoms with Gasteiger partial charge in [-0.25, -0.2) is 0 Å². The maximum atomic E-state index is 9.98. The van der Waals surface area contributed by atoms with Crippen LogP contribution in [0.2, 0.25) is 0 Å². The second-order valence-corrected chi connectivity index (χ2v) is 3.50. The third-order valence-corrected chi connectivity index (χ3v) is 2.48. The van der Waals surface area contributed by atoms with Crippen LogP contribution in [0.4, 0.5) is 0 Å². The van der Waals surface area contributed by atoms with Crippen LogP contribution in [-0.2, 0) is 4.74 Å². The second kappa shape index (κ2) is 3.92. The van der Waals surface area contributed by atoms with E-state index in [9.17, 15) is 5.11 Å². The zero-order valence-corrected chi connectivity index (χ0v) is 8.53. The molecule has 4 heteroatoms. The highest BCUT2D eigenvalue weighted by atomic mass is 16.5. The molecule has 0 aliphatic heterocycles. The van der Waals surface area contributed by atoms with E-state index in [0.29, 0.717) is 12.2 Å². The molecule has 0 aliphatic rings. The summed E-state index contributed by atoms with van der Waals surface area (Å²) in [6, 6.07) is 5.25. The Kier molecular flexibility index (Phi) is 2.62. The molecule has 0 radical (unpaired) electrons. The lowest BCUT2D eigenvalue weighted by Gasteiger charge is -2.12. The van der Waals surface area contributed by atoms with Crippen molar-refractivity contribution in [1.82, 2.24) is 4.98 Å². The van der Waals surface area contributed by atoms with Crippen molar-refractivity contribution in [2.45, 2.75) is 6.04 Å². The lowest BCUT2D eigenvalue weighted by Crippen LogP contribution is -2.16. The van der Waals surface area contributed by atoms with Gasteiger partial charge < -0.3 is 20.6 Å². The number of aromatic amines is 1. The van der Waals surface area contributed by atoms with Gasteiger partial charge in [-0.15, -0.1) is 0 Å². The molecule has 1 unspecified atom stereocenters. The third kappa shape index (κ3) is 1.69. The molecular weight excluding hydrogens is 192 g/mol. The number of phenolic OH excluding ortho intramolecular Hbond substituents is 1. The van der Waals surface area contributed by atoms with Gasteiger partial charge in [-0.05, 0) is 12.1 Å². The Morgan fingerprint density at radius 1 is 1.47 bits per heavy atom. The molecule has 1 heterocycles. The first kappa shape index (κ1) is 10.0. The Balaban J connectivity index is 2.47. The number of fused-ring (bicyclic) bond motifs is 1. The molecule has 0 saturated carbocycles. The van der Waals surface area contributed by atoms with Crippen LogP contribution in [0, 0.1) is 0 Å². The number of hydrogen-bond acceptors (Lipinski definition) is 3. The van der Waals surface area contributed by atoms with E-state index in [1.54, 1.807) is 13.3 Å². The molecule has 0 bridgehead atoms. The van der Waals surface area contributed by atoms with Crippen molar-refractivity contribution in [3.05, 3.63) is 30.0 Å². The minimum atomic E-state index is -0.297. The predicted octanol–water partition coefficient (Wildman–Crippen LogP) is 1.52. The molecule has 4 N–H and O–H groups in total. The fraction of sp³-hybridized carbons (Fsp3) is 0.273. The number of aromatic nitrogens is 1. The minimum Gasteiger partial charge on any atom is -0.507 e. The number of nitrogens with one attached hydrogen (secondary N) is 1. The summed E-state index contributed by atoms with van der Waals surface area (Å²) in [7, 11) is 1.59. The molecule has 0 fully saturated rings. The number of ether oxygens (including phenoxy) is 1. The number of H-pyrrole nitrogens is 1. The fourth-order valence-corrected chi connectivity index (χ4v) is 1.70. The Bertz CT molecular complexity index is 465. The molecule has 1 atom stereocenters. The van der Waals surface area contributed by atoms with Crippen molar-refractivity contribution in [2.75, 3.05) is 13.7 Å². The van der Waals surface area contributed by atoms with Gasteiger partial charge in [0.15, 0.2) is 0 Å². The minimum absolute atomic E-state index is 0.235. The number of hydrogen-bond donors (Lipinski definition) is 3. The summed E-state index contributed by atoms with van der Waals surface area (Å²) < 4.78 is 4.96. The van der Waals surface area contributed by atoms with E-state index in [4.69, 9.17) is 10.5 Å². The molecule has 0 saturated heterocycles. The Morgan fingerprint density at radius 2 is 2.27 bits per heavy atom. The molecule has 80 valence electrons. The average Bonchev–Trinajstić information content (AvgIpc) is 2.67. The Hall–Kier alpha value is -1.52. The van der Waals surface area contributed by atoms with Crippen molar-refractivity contribution in [1.29, 1.82) is 0 Å². The molecule has 0 amide bonds.